The Balaban J connectivity index is 1.57. The van der Waals surface area contributed by atoms with Crippen molar-refractivity contribution < 1.29 is 4.74 Å². The number of benzene rings is 3. The Morgan fingerprint density at radius 2 is 1.69 bits per heavy atom. The van der Waals surface area contributed by atoms with Crippen molar-refractivity contribution in [3.63, 3.8) is 0 Å². The molecule has 0 bridgehead atoms. The fourth-order valence-corrected chi connectivity index (χ4v) is 3.52. The molecule has 0 spiro atoms. The summed E-state index contributed by atoms with van der Waals surface area (Å²) in [5, 5.41) is 3.25. The van der Waals surface area contributed by atoms with Crippen molar-refractivity contribution in [1.82, 2.24) is 4.90 Å². The highest BCUT2D eigenvalue weighted by Crippen LogP contribution is 2.31. The van der Waals surface area contributed by atoms with Crippen LogP contribution in [0.5, 0.6) is 5.75 Å². The average Bonchev–Trinajstić information content (AvgIpc) is 2.68. The highest BCUT2D eigenvalue weighted by Gasteiger charge is 2.16. The van der Waals surface area contributed by atoms with Gasteiger partial charge in [-0.15, -0.1) is 0 Å². The maximum absolute atomic E-state index is 6.03. The van der Waals surface area contributed by atoms with Crippen LogP contribution in [0.4, 0.5) is 5.69 Å². The molecule has 0 saturated carbocycles. The van der Waals surface area contributed by atoms with Gasteiger partial charge in [0.25, 0.3) is 0 Å². The Hall–Kier alpha value is -2.23. The molecule has 0 aliphatic carbocycles. The third kappa shape index (κ3) is 3.79. The molecular weight excluding hydrogens is 344 g/mol. The Bertz CT molecular complexity index is 886. The molecule has 1 saturated heterocycles. The van der Waals surface area contributed by atoms with E-state index >= 15 is 0 Å². The maximum Gasteiger partial charge on any atom is 0.120 e. The van der Waals surface area contributed by atoms with Crippen LogP contribution < -0.4 is 9.64 Å². The third-order valence-corrected chi connectivity index (χ3v) is 5.25. The lowest BCUT2D eigenvalue weighted by Crippen LogP contribution is -2.44. The SMILES string of the molecule is CN1CCN(c2cccc3ccc(OCc4ccc(Cl)cc4)cc23)CC1. The highest BCUT2D eigenvalue weighted by atomic mass is 35.5. The molecule has 0 unspecified atom stereocenters. The van der Waals surface area contributed by atoms with Crippen LogP contribution in [0.2, 0.25) is 5.02 Å². The first-order chi connectivity index (χ1) is 12.7. The van der Waals surface area contributed by atoms with Crippen LogP contribution in [0.3, 0.4) is 0 Å². The van der Waals surface area contributed by atoms with Crippen molar-refractivity contribution in [3.05, 3.63) is 71.2 Å². The summed E-state index contributed by atoms with van der Waals surface area (Å²) in [5.41, 5.74) is 2.41. The number of anilines is 1. The fourth-order valence-electron chi connectivity index (χ4n) is 3.40. The molecule has 26 heavy (non-hydrogen) atoms. The normalized spacial score (nSPS) is 15.4. The summed E-state index contributed by atoms with van der Waals surface area (Å²) in [6.07, 6.45) is 0. The van der Waals surface area contributed by atoms with Gasteiger partial charge >= 0.3 is 0 Å². The molecule has 4 rings (SSSR count). The van der Waals surface area contributed by atoms with E-state index in [0.29, 0.717) is 6.61 Å². The monoisotopic (exact) mass is 366 g/mol. The van der Waals surface area contributed by atoms with E-state index in [1.165, 1.54) is 16.5 Å². The van der Waals surface area contributed by atoms with E-state index in [-0.39, 0.29) is 0 Å². The highest BCUT2D eigenvalue weighted by molar-refractivity contribution is 6.30. The lowest BCUT2D eigenvalue weighted by molar-refractivity contribution is 0.306. The Kier molecular flexibility index (Phi) is 5.00. The molecule has 0 atom stereocenters. The van der Waals surface area contributed by atoms with Gasteiger partial charge in [0.15, 0.2) is 0 Å². The van der Waals surface area contributed by atoms with Crippen molar-refractivity contribution >= 4 is 28.1 Å². The largest absolute Gasteiger partial charge is 0.489 e. The summed E-state index contributed by atoms with van der Waals surface area (Å²) < 4.78 is 6.03. The first kappa shape index (κ1) is 17.2. The van der Waals surface area contributed by atoms with Gasteiger partial charge in [-0.3, -0.25) is 0 Å². The molecule has 1 aliphatic heterocycles. The molecule has 0 amide bonds. The minimum Gasteiger partial charge on any atom is -0.489 e. The summed E-state index contributed by atoms with van der Waals surface area (Å²) in [4.78, 5) is 4.85. The second kappa shape index (κ2) is 7.56. The van der Waals surface area contributed by atoms with E-state index in [2.05, 4.69) is 47.2 Å². The topological polar surface area (TPSA) is 15.7 Å². The van der Waals surface area contributed by atoms with Gasteiger partial charge in [-0.1, -0.05) is 41.9 Å². The van der Waals surface area contributed by atoms with Gasteiger partial charge in [-0.2, -0.15) is 0 Å². The first-order valence-corrected chi connectivity index (χ1v) is 9.40. The van der Waals surface area contributed by atoms with Crippen LogP contribution in [-0.4, -0.2) is 38.1 Å². The van der Waals surface area contributed by atoms with Crippen LogP contribution in [0.1, 0.15) is 5.56 Å². The molecule has 0 N–H and O–H groups in total. The first-order valence-electron chi connectivity index (χ1n) is 9.02. The van der Waals surface area contributed by atoms with Crippen molar-refractivity contribution in [1.29, 1.82) is 0 Å². The van der Waals surface area contributed by atoms with Gasteiger partial charge in [0.05, 0.1) is 0 Å². The molecule has 1 aliphatic rings. The Morgan fingerprint density at radius 3 is 2.46 bits per heavy atom. The lowest BCUT2D eigenvalue weighted by atomic mass is 10.1. The minimum atomic E-state index is 0.541. The molecule has 0 aromatic heterocycles. The summed E-state index contributed by atoms with van der Waals surface area (Å²) >= 11 is 5.95. The van der Waals surface area contributed by atoms with Crippen LogP contribution in [0, 0.1) is 0 Å². The van der Waals surface area contributed by atoms with Crippen molar-refractivity contribution in [2.45, 2.75) is 6.61 Å². The van der Waals surface area contributed by atoms with E-state index < -0.39 is 0 Å². The number of nitrogens with zero attached hydrogens (tertiary/aromatic N) is 2. The zero-order valence-electron chi connectivity index (χ0n) is 15.0. The zero-order chi connectivity index (χ0) is 17.9. The molecule has 1 heterocycles. The van der Waals surface area contributed by atoms with Crippen LogP contribution in [-0.2, 0) is 6.61 Å². The molecule has 134 valence electrons. The molecular formula is C22H23ClN2O. The van der Waals surface area contributed by atoms with Gasteiger partial charge in [-0.05, 0) is 48.3 Å². The van der Waals surface area contributed by atoms with Crippen LogP contribution in [0.15, 0.2) is 60.7 Å². The smallest absolute Gasteiger partial charge is 0.120 e. The van der Waals surface area contributed by atoms with Crippen molar-refractivity contribution in [2.24, 2.45) is 0 Å². The number of ether oxygens (including phenoxy) is 1. The Morgan fingerprint density at radius 1 is 0.923 bits per heavy atom. The number of fused-ring (bicyclic) bond motifs is 1. The number of hydrogen-bond acceptors (Lipinski definition) is 3. The number of likely N-dealkylation sites (N-methyl/N-ethyl adjacent to an activating group) is 1. The van der Waals surface area contributed by atoms with E-state index in [9.17, 15) is 0 Å². The standard InChI is InChI=1S/C22H23ClN2O/c1-24-11-13-25(14-12-24)22-4-2-3-18-7-10-20(15-21(18)22)26-16-17-5-8-19(23)9-6-17/h2-10,15H,11-14,16H2,1H3. The number of hydrogen-bond donors (Lipinski definition) is 0. The summed E-state index contributed by atoms with van der Waals surface area (Å²) in [5.74, 6) is 0.897. The van der Waals surface area contributed by atoms with E-state index in [1.807, 2.05) is 30.3 Å². The molecule has 3 nitrogen and oxygen atoms in total. The summed E-state index contributed by atoms with van der Waals surface area (Å²) in [6.45, 7) is 4.86. The van der Waals surface area contributed by atoms with E-state index in [1.54, 1.807) is 0 Å². The molecule has 0 radical (unpaired) electrons. The van der Waals surface area contributed by atoms with Crippen LogP contribution >= 0.6 is 11.6 Å². The molecule has 3 aromatic carbocycles. The van der Waals surface area contributed by atoms with Crippen LogP contribution in [0.25, 0.3) is 10.8 Å². The quantitative estimate of drug-likeness (QED) is 0.658. The van der Waals surface area contributed by atoms with Gasteiger partial charge < -0.3 is 14.5 Å². The molecule has 3 aromatic rings. The van der Waals surface area contributed by atoms with E-state index in [4.69, 9.17) is 16.3 Å². The van der Waals surface area contributed by atoms with Crippen molar-refractivity contribution in [3.8, 4) is 5.75 Å². The second-order valence-electron chi connectivity index (χ2n) is 6.87. The third-order valence-electron chi connectivity index (χ3n) is 4.99. The van der Waals surface area contributed by atoms with Crippen molar-refractivity contribution in [2.75, 3.05) is 38.1 Å². The van der Waals surface area contributed by atoms with Gasteiger partial charge in [0.2, 0.25) is 0 Å². The predicted octanol–water partition coefficient (Wildman–Crippen LogP) is 4.82. The van der Waals surface area contributed by atoms with Gasteiger partial charge in [0.1, 0.15) is 12.4 Å². The molecule has 4 heteroatoms. The predicted molar refractivity (Wildman–Crippen MR) is 109 cm³/mol. The summed E-state index contributed by atoms with van der Waals surface area (Å²) in [6, 6.07) is 20.7. The minimum absolute atomic E-state index is 0.541. The lowest BCUT2D eigenvalue weighted by Gasteiger charge is -2.34. The van der Waals surface area contributed by atoms with Gasteiger partial charge in [0, 0.05) is 42.3 Å². The fraction of sp³-hybridized carbons (Fsp3) is 0.273. The second-order valence-corrected chi connectivity index (χ2v) is 7.30. The Labute approximate surface area is 159 Å². The number of rotatable bonds is 4. The maximum atomic E-state index is 6.03. The molecule has 1 fully saturated rings. The average molecular weight is 367 g/mol. The summed E-state index contributed by atoms with van der Waals surface area (Å²) in [7, 11) is 2.18. The van der Waals surface area contributed by atoms with E-state index in [0.717, 1.165) is 42.5 Å². The zero-order valence-corrected chi connectivity index (χ0v) is 15.7. The van der Waals surface area contributed by atoms with Gasteiger partial charge in [-0.25, -0.2) is 0 Å². The number of halogens is 1. The number of piperazine rings is 1.